The number of carbonyl (C=O) groups is 1. The summed E-state index contributed by atoms with van der Waals surface area (Å²) in [5, 5.41) is 0.567. The maximum atomic E-state index is 12.3. The van der Waals surface area contributed by atoms with Gasteiger partial charge in [0.1, 0.15) is 0 Å². The molecule has 0 saturated heterocycles. The Labute approximate surface area is 120 Å². The molecule has 1 rings (SSSR count). The van der Waals surface area contributed by atoms with Gasteiger partial charge in [0.25, 0.3) is 0 Å². The number of thioether (sulfide) groups is 1. The Morgan fingerprint density at radius 3 is 2.50 bits per heavy atom. The zero-order valence-corrected chi connectivity index (χ0v) is 12.2. The summed E-state index contributed by atoms with van der Waals surface area (Å²) < 4.78 is 37.0. The van der Waals surface area contributed by atoms with Crippen LogP contribution in [0.15, 0.2) is 23.4 Å². The Kier molecular flexibility index (Phi) is 6.32. The maximum absolute atomic E-state index is 12.3. The highest BCUT2D eigenvalue weighted by molar-refractivity contribution is 7.99. The molecule has 3 nitrogen and oxygen atoms in total. The van der Waals surface area contributed by atoms with Gasteiger partial charge in [0.15, 0.2) is 0 Å². The molecule has 1 heterocycles. The molecule has 1 amide bonds. The first-order chi connectivity index (χ1) is 9.30. The Morgan fingerprint density at radius 2 is 2.00 bits per heavy atom. The molecule has 0 spiro atoms. The van der Waals surface area contributed by atoms with Gasteiger partial charge in [-0.3, -0.25) is 4.79 Å². The van der Waals surface area contributed by atoms with Gasteiger partial charge in [-0.1, -0.05) is 0 Å². The van der Waals surface area contributed by atoms with E-state index in [1.165, 1.54) is 17.8 Å². The molecule has 20 heavy (non-hydrogen) atoms. The zero-order chi connectivity index (χ0) is 15.2. The topological polar surface area (TPSA) is 33.2 Å². The van der Waals surface area contributed by atoms with Gasteiger partial charge in [0.05, 0.1) is 10.6 Å². The highest BCUT2D eigenvalue weighted by atomic mass is 32.2. The van der Waals surface area contributed by atoms with Crippen molar-refractivity contribution in [1.29, 1.82) is 0 Å². The summed E-state index contributed by atoms with van der Waals surface area (Å²) in [6.07, 6.45) is -1.41. The number of alkyl halides is 3. The van der Waals surface area contributed by atoms with Crippen LogP contribution in [-0.4, -0.2) is 35.6 Å². The van der Waals surface area contributed by atoms with Crippen molar-refractivity contribution < 1.29 is 18.0 Å². The number of pyridine rings is 1. The summed E-state index contributed by atoms with van der Waals surface area (Å²) in [6, 6.07) is 2.41. The number of aromatic nitrogens is 1. The monoisotopic (exact) mass is 306 g/mol. The van der Waals surface area contributed by atoms with Crippen molar-refractivity contribution in [2.45, 2.75) is 30.5 Å². The molecule has 0 atom stereocenters. The molecule has 0 aliphatic heterocycles. The van der Waals surface area contributed by atoms with Crippen molar-refractivity contribution in [2.24, 2.45) is 0 Å². The van der Waals surface area contributed by atoms with Crippen molar-refractivity contribution in [3.63, 3.8) is 0 Å². The van der Waals surface area contributed by atoms with Crippen LogP contribution in [0, 0.1) is 0 Å². The van der Waals surface area contributed by atoms with Crippen LogP contribution in [0.4, 0.5) is 13.2 Å². The van der Waals surface area contributed by atoms with Gasteiger partial charge in [-0.25, -0.2) is 4.98 Å². The number of hydrogen-bond donors (Lipinski definition) is 0. The van der Waals surface area contributed by atoms with Gasteiger partial charge in [-0.15, -0.1) is 11.8 Å². The predicted octanol–water partition coefficient (Wildman–Crippen LogP) is 3.45. The molecule has 112 valence electrons. The van der Waals surface area contributed by atoms with Crippen LogP contribution in [0.3, 0.4) is 0 Å². The lowest BCUT2D eigenvalue weighted by Crippen LogP contribution is -2.21. The number of rotatable bonds is 6. The lowest BCUT2D eigenvalue weighted by atomic mass is 10.2. The molecule has 1 aromatic rings. The second kappa shape index (κ2) is 7.52. The van der Waals surface area contributed by atoms with Gasteiger partial charge < -0.3 is 4.90 Å². The number of hydrogen-bond acceptors (Lipinski definition) is 3. The fourth-order valence-electron chi connectivity index (χ4n) is 1.41. The van der Waals surface area contributed by atoms with Crippen LogP contribution in [-0.2, 0) is 11.0 Å². The zero-order valence-electron chi connectivity index (χ0n) is 11.4. The molecule has 0 fully saturated rings. The Bertz CT molecular complexity index is 432. The average Bonchev–Trinajstić information content (AvgIpc) is 2.37. The molecule has 0 N–H and O–H groups in total. The molecular weight excluding hydrogens is 289 g/mol. The Balaban J connectivity index is 2.28. The van der Waals surface area contributed by atoms with Gasteiger partial charge in [0.2, 0.25) is 5.91 Å². The molecule has 1 aromatic heterocycles. The van der Waals surface area contributed by atoms with Gasteiger partial charge >= 0.3 is 6.18 Å². The van der Waals surface area contributed by atoms with Gasteiger partial charge in [-0.2, -0.15) is 13.2 Å². The molecule has 0 aliphatic carbocycles. The van der Waals surface area contributed by atoms with Crippen molar-refractivity contribution in [2.75, 3.05) is 19.8 Å². The van der Waals surface area contributed by atoms with E-state index in [2.05, 4.69) is 4.98 Å². The molecule has 0 saturated carbocycles. The number of amides is 1. The predicted molar refractivity (Wildman–Crippen MR) is 72.5 cm³/mol. The SMILES string of the molecule is CN(C)C(=O)CCCCSc1ccc(C(F)(F)F)cn1. The van der Waals surface area contributed by atoms with E-state index in [1.54, 1.807) is 19.0 Å². The van der Waals surface area contributed by atoms with Crippen LogP contribution in [0.5, 0.6) is 0 Å². The quantitative estimate of drug-likeness (QED) is 0.596. The van der Waals surface area contributed by atoms with Crippen LogP contribution in [0.25, 0.3) is 0 Å². The highest BCUT2D eigenvalue weighted by Crippen LogP contribution is 2.29. The summed E-state index contributed by atoms with van der Waals surface area (Å²) in [5.41, 5.74) is -0.738. The first-order valence-corrected chi connectivity index (χ1v) is 7.15. The molecule has 0 aliphatic rings. The molecule has 0 bridgehead atoms. The first-order valence-electron chi connectivity index (χ1n) is 6.17. The lowest BCUT2D eigenvalue weighted by molar-refractivity contribution is -0.137. The van der Waals surface area contributed by atoms with Crippen LogP contribution >= 0.6 is 11.8 Å². The van der Waals surface area contributed by atoms with Crippen LogP contribution < -0.4 is 0 Å². The summed E-state index contributed by atoms with van der Waals surface area (Å²) in [5.74, 6) is 0.821. The summed E-state index contributed by atoms with van der Waals surface area (Å²) in [4.78, 5) is 16.6. The number of unbranched alkanes of at least 4 members (excludes halogenated alkanes) is 1. The third-order valence-corrected chi connectivity index (χ3v) is 3.63. The van der Waals surface area contributed by atoms with Crippen LogP contribution in [0.2, 0.25) is 0 Å². The molecule has 0 aromatic carbocycles. The average molecular weight is 306 g/mol. The first kappa shape index (κ1) is 16.8. The molecule has 0 unspecified atom stereocenters. The second-order valence-corrected chi connectivity index (χ2v) is 5.59. The standard InChI is InChI=1S/C13H17F3N2OS/c1-18(2)12(19)5-3-4-8-20-11-7-6-10(9-17-11)13(14,15)16/h6-7,9H,3-5,8H2,1-2H3. The van der Waals surface area contributed by atoms with E-state index >= 15 is 0 Å². The second-order valence-electron chi connectivity index (χ2n) is 4.48. The largest absolute Gasteiger partial charge is 0.417 e. The van der Waals surface area contributed by atoms with E-state index in [0.29, 0.717) is 11.4 Å². The van der Waals surface area contributed by atoms with E-state index < -0.39 is 11.7 Å². The van der Waals surface area contributed by atoms with Crippen molar-refractivity contribution >= 4 is 17.7 Å². The van der Waals surface area contributed by atoms with E-state index in [0.717, 1.165) is 30.9 Å². The fourth-order valence-corrected chi connectivity index (χ4v) is 2.26. The Hall–Kier alpha value is -1.24. The summed E-state index contributed by atoms with van der Waals surface area (Å²) in [7, 11) is 3.42. The summed E-state index contributed by atoms with van der Waals surface area (Å²) >= 11 is 1.40. The normalized spacial score (nSPS) is 11.4. The van der Waals surface area contributed by atoms with E-state index in [-0.39, 0.29) is 5.91 Å². The number of halogens is 3. The fraction of sp³-hybridized carbons (Fsp3) is 0.538. The molecule has 7 heteroatoms. The van der Waals surface area contributed by atoms with Crippen molar-refractivity contribution in [3.05, 3.63) is 23.9 Å². The minimum Gasteiger partial charge on any atom is -0.349 e. The highest BCUT2D eigenvalue weighted by Gasteiger charge is 2.30. The third kappa shape index (κ3) is 5.81. The minimum absolute atomic E-state index is 0.0858. The number of carbonyl (C=O) groups excluding carboxylic acids is 1. The molecule has 0 radical (unpaired) electrons. The van der Waals surface area contributed by atoms with E-state index in [1.807, 2.05) is 0 Å². The van der Waals surface area contributed by atoms with Crippen molar-refractivity contribution in [1.82, 2.24) is 9.88 Å². The summed E-state index contributed by atoms with van der Waals surface area (Å²) in [6.45, 7) is 0. The lowest BCUT2D eigenvalue weighted by Gasteiger charge is -2.09. The van der Waals surface area contributed by atoms with E-state index in [4.69, 9.17) is 0 Å². The molecular formula is C13H17F3N2OS. The third-order valence-electron chi connectivity index (χ3n) is 2.60. The van der Waals surface area contributed by atoms with Crippen LogP contribution in [0.1, 0.15) is 24.8 Å². The van der Waals surface area contributed by atoms with Crippen molar-refractivity contribution in [3.8, 4) is 0 Å². The maximum Gasteiger partial charge on any atom is 0.417 e. The smallest absolute Gasteiger partial charge is 0.349 e. The Morgan fingerprint density at radius 1 is 1.30 bits per heavy atom. The van der Waals surface area contributed by atoms with Gasteiger partial charge in [-0.05, 0) is 30.7 Å². The minimum atomic E-state index is -4.34. The van der Waals surface area contributed by atoms with E-state index in [9.17, 15) is 18.0 Å². The number of nitrogens with zero attached hydrogens (tertiary/aromatic N) is 2. The van der Waals surface area contributed by atoms with Gasteiger partial charge in [0, 0.05) is 26.7 Å².